The van der Waals surface area contributed by atoms with Crippen molar-refractivity contribution in [3.63, 3.8) is 0 Å². The van der Waals surface area contributed by atoms with Gasteiger partial charge in [0.15, 0.2) is 0 Å². The maximum absolute atomic E-state index is 13.8. The number of anilines is 1. The van der Waals surface area contributed by atoms with Crippen LogP contribution in [-0.4, -0.2) is 28.5 Å². The molecule has 1 heterocycles. The van der Waals surface area contributed by atoms with Gasteiger partial charge in [-0.05, 0) is 49.8 Å². The van der Waals surface area contributed by atoms with Crippen molar-refractivity contribution in [1.29, 1.82) is 10.7 Å². The Kier molecular flexibility index (Phi) is 8.69. The maximum atomic E-state index is 13.8. The van der Waals surface area contributed by atoms with Gasteiger partial charge >= 0.3 is 0 Å². The maximum Gasteiger partial charge on any atom is 0.260 e. The van der Waals surface area contributed by atoms with Crippen molar-refractivity contribution in [2.24, 2.45) is 0 Å². The van der Waals surface area contributed by atoms with Crippen LogP contribution >= 0.6 is 18.5 Å². The van der Waals surface area contributed by atoms with Crippen LogP contribution in [0.15, 0.2) is 72.7 Å². The molecule has 0 aliphatic carbocycles. The second-order valence-corrected chi connectivity index (χ2v) is 11.7. The lowest BCUT2D eigenvalue weighted by molar-refractivity contribution is 0.0984. The molecule has 0 fully saturated rings. The molecule has 3 aromatic rings. The Morgan fingerprint density at radius 2 is 1.92 bits per heavy atom. The Labute approximate surface area is 215 Å². The second kappa shape index (κ2) is 11.5. The van der Waals surface area contributed by atoms with E-state index in [1.807, 2.05) is 38.1 Å². The Balaban J connectivity index is 2.06. The molecule has 36 heavy (non-hydrogen) atoms. The first-order chi connectivity index (χ1) is 17.0. The number of rotatable bonds is 8. The number of nitrogens with one attached hydrogen (secondary N) is 2. The molecular weight excluding hydrogens is 491 g/mol. The Morgan fingerprint density at radius 1 is 1.22 bits per heavy atom. The molecule has 0 radical (unpaired) electrons. The van der Waals surface area contributed by atoms with Crippen LogP contribution in [0.5, 0.6) is 0 Å². The molecule has 184 valence electrons. The summed E-state index contributed by atoms with van der Waals surface area (Å²) in [6, 6.07) is 15.9. The number of aryl methyl sites for hydroxylation is 1. The zero-order chi connectivity index (χ0) is 26.5. The molecule has 0 aliphatic rings. The molecule has 2 atom stereocenters. The van der Waals surface area contributed by atoms with E-state index in [4.69, 9.17) is 5.41 Å². The van der Waals surface area contributed by atoms with Crippen LogP contribution in [0.3, 0.4) is 0 Å². The van der Waals surface area contributed by atoms with Crippen molar-refractivity contribution in [1.82, 2.24) is 10.3 Å². The zero-order valence-corrected chi connectivity index (χ0v) is 22.6. The van der Waals surface area contributed by atoms with Crippen LogP contribution in [0, 0.1) is 29.5 Å². The average Bonchev–Trinajstić information content (AvgIpc) is 2.85. The third-order valence-electron chi connectivity index (χ3n) is 5.52. The van der Waals surface area contributed by atoms with Crippen molar-refractivity contribution in [3.8, 4) is 6.07 Å². The van der Waals surface area contributed by atoms with Gasteiger partial charge < -0.3 is 15.6 Å². The number of aromatic nitrogens is 1. The van der Waals surface area contributed by atoms with Crippen LogP contribution in [0.2, 0.25) is 0 Å². The fourth-order valence-electron chi connectivity index (χ4n) is 3.59. The lowest BCUT2D eigenvalue weighted by Crippen LogP contribution is -2.31. The van der Waals surface area contributed by atoms with E-state index in [-0.39, 0.29) is 28.3 Å². The van der Waals surface area contributed by atoms with Crippen LogP contribution in [0.1, 0.15) is 39.5 Å². The summed E-state index contributed by atoms with van der Waals surface area (Å²) < 4.78 is 13.8. The first kappa shape index (κ1) is 27.1. The van der Waals surface area contributed by atoms with Crippen molar-refractivity contribution < 1.29 is 9.18 Å². The Hall–Kier alpha value is -3.45. The molecule has 2 unspecified atom stereocenters. The standard InChI is InChI=1S/C27H28FN5OP2/c1-17-4-6-18(7-5-17)16-33(26(34)20-10-21(28)15-32-14-20)22-8-9-23(19(11-22)13-29)24(30)12-25(31-3)27(2,35)36/h4-12,14-15,30-31H,16,35-36H2,1-3H3/b25-12-,30-24?. The van der Waals surface area contributed by atoms with Gasteiger partial charge in [0.1, 0.15) is 5.82 Å². The predicted molar refractivity (Wildman–Crippen MR) is 149 cm³/mol. The quantitative estimate of drug-likeness (QED) is 0.317. The Bertz CT molecular complexity index is 1360. The molecule has 0 spiro atoms. The molecule has 3 rings (SSSR count). The fraction of sp³-hybridized carbons (Fsp3) is 0.185. The van der Waals surface area contributed by atoms with Crippen molar-refractivity contribution in [2.45, 2.75) is 25.3 Å². The molecule has 0 saturated heterocycles. The van der Waals surface area contributed by atoms with E-state index in [2.05, 4.69) is 34.8 Å². The number of halogens is 1. The lowest BCUT2D eigenvalue weighted by Gasteiger charge is -2.24. The third kappa shape index (κ3) is 6.61. The molecule has 1 aromatic heterocycles. The van der Waals surface area contributed by atoms with Crippen LogP contribution in [0.25, 0.3) is 0 Å². The predicted octanol–water partition coefficient (Wildman–Crippen LogP) is 5.19. The number of carbonyl (C=O) groups is 1. The highest BCUT2D eigenvalue weighted by Gasteiger charge is 2.22. The number of pyridine rings is 1. The van der Waals surface area contributed by atoms with E-state index < -0.39 is 11.7 Å². The molecule has 2 N–H and O–H groups in total. The van der Waals surface area contributed by atoms with Gasteiger partial charge in [-0.1, -0.05) is 29.8 Å². The highest BCUT2D eigenvalue weighted by atomic mass is 31.1. The van der Waals surface area contributed by atoms with E-state index in [9.17, 15) is 14.4 Å². The van der Waals surface area contributed by atoms with Gasteiger partial charge in [-0.2, -0.15) is 5.26 Å². The second-order valence-electron chi connectivity index (χ2n) is 8.61. The molecule has 6 nitrogen and oxygen atoms in total. The summed E-state index contributed by atoms with van der Waals surface area (Å²) in [6.07, 6.45) is 4.02. The lowest BCUT2D eigenvalue weighted by atomic mass is 10.0. The van der Waals surface area contributed by atoms with E-state index in [1.165, 1.54) is 11.1 Å². The Morgan fingerprint density at radius 3 is 2.50 bits per heavy atom. The number of carbonyl (C=O) groups excluding carboxylic acids is 1. The number of hydrogen-bond donors (Lipinski definition) is 2. The first-order valence-electron chi connectivity index (χ1n) is 11.1. The molecule has 9 heteroatoms. The number of hydrogen-bond acceptors (Lipinski definition) is 5. The van der Waals surface area contributed by atoms with Crippen molar-refractivity contribution in [2.75, 3.05) is 11.9 Å². The summed E-state index contributed by atoms with van der Waals surface area (Å²) in [5, 5.41) is 21.6. The third-order valence-corrected chi connectivity index (χ3v) is 6.14. The smallest absolute Gasteiger partial charge is 0.260 e. The molecule has 0 saturated carbocycles. The summed E-state index contributed by atoms with van der Waals surface area (Å²) in [5.74, 6) is -1.06. The number of allylic oxidation sites excluding steroid dienone is 2. The SMILES string of the molecule is CN/C(=C\C(=N)c1ccc(N(Cc2ccc(C)cc2)C(=O)c2cncc(F)c2)cc1C#N)C(C)(P)P. The monoisotopic (exact) mass is 519 g/mol. The average molecular weight is 520 g/mol. The molecule has 0 aliphatic heterocycles. The summed E-state index contributed by atoms with van der Waals surface area (Å²) in [6.45, 7) is 4.14. The minimum atomic E-state index is -0.611. The number of amides is 1. The first-order valence-corrected chi connectivity index (χ1v) is 12.3. The van der Waals surface area contributed by atoms with Crippen LogP contribution in [-0.2, 0) is 6.54 Å². The minimum absolute atomic E-state index is 0.0965. The number of benzene rings is 2. The minimum Gasteiger partial charge on any atom is -0.390 e. The summed E-state index contributed by atoms with van der Waals surface area (Å²) >= 11 is 0. The molecular formula is C27H28FN5OP2. The van der Waals surface area contributed by atoms with Gasteiger partial charge in [0.25, 0.3) is 5.91 Å². The van der Waals surface area contributed by atoms with Crippen molar-refractivity contribution in [3.05, 3.63) is 106 Å². The van der Waals surface area contributed by atoms with E-state index in [0.29, 0.717) is 11.3 Å². The van der Waals surface area contributed by atoms with Gasteiger partial charge in [0.05, 0.1) is 35.6 Å². The van der Waals surface area contributed by atoms with Crippen LogP contribution < -0.4 is 10.2 Å². The topological polar surface area (TPSA) is 92.9 Å². The number of nitriles is 1. The van der Waals surface area contributed by atoms with E-state index >= 15 is 0 Å². The molecule has 2 aromatic carbocycles. The molecule has 1 amide bonds. The molecule has 0 bridgehead atoms. The largest absolute Gasteiger partial charge is 0.390 e. The van der Waals surface area contributed by atoms with E-state index in [1.54, 1.807) is 31.3 Å². The van der Waals surface area contributed by atoms with E-state index in [0.717, 1.165) is 29.1 Å². The van der Waals surface area contributed by atoms with Gasteiger partial charge in [0.2, 0.25) is 0 Å². The summed E-state index contributed by atoms with van der Waals surface area (Å²) in [4.78, 5) is 18.4. The van der Waals surface area contributed by atoms with Gasteiger partial charge in [0, 0.05) is 35.1 Å². The van der Waals surface area contributed by atoms with Gasteiger partial charge in [-0.3, -0.25) is 9.78 Å². The zero-order valence-electron chi connectivity index (χ0n) is 20.3. The van der Waals surface area contributed by atoms with Crippen molar-refractivity contribution >= 4 is 35.8 Å². The van der Waals surface area contributed by atoms with Crippen LogP contribution in [0.4, 0.5) is 10.1 Å². The van der Waals surface area contributed by atoms with Gasteiger partial charge in [-0.15, -0.1) is 18.5 Å². The fourth-order valence-corrected chi connectivity index (χ4v) is 4.04. The highest BCUT2D eigenvalue weighted by Crippen LogP contribution is 2.33. The van der Waals surface area contributed by atoms with Gasteiger partial charge in [-0.25, -0.2) is 4.39 Å². The number of nitrogens with zero attached hydrogens (tertiary/aromatic N) is 3. The summed E-state index contributed by atoms with van der Waals surface area (Å²) in [5.41, 5.74) is 4.13. The summed E-state index contributed by atoms with van der Waals surface area (Å²) in [7, 11) is 7.14. The normalized spacial score (nSPS) is 11.5. The highest BCUT2D eigenvalue weighted by molar-refractivity contribution is 7.40.